The van der Waals surface area contributed by atoms with Gasteiger partial charge in [0.15, 0.2) is 9.84 Å². The lowest BCUT2D eigenvalue weighted by atomic mass is 10.0. The minimum Gasteiger partial charge on any atom is -0.388 e. The summed E-state index contributed by atoms with van der Waals surface area (Å²) in [5.74, 6) is -0.0430. The number of hydrogen-bond donors (Lipinski definition) is 2. The highest BCUT2D eigenvalue weighted by Crippen LogP contribution is 2.23. The molecule has 3 atom stereocenters. The van der Waals surface area contributed by atoms with E-state index < -0.39 is 22.0 Å². The molecule has 2 heterocycles. The Morgan fingerprint density at radius 1 is 1.24 bits per heavy atom. The van der Waals surface area contributed by atoms with E-state index >= 15 is 0 Å². The lowest BCUT2D eigenvalue weighted by Gasteiger charge is -2.17. The lowest BCUT2D eigenvalue weighted by molar-refractivity contribution is -0.131. The van der Waals surface area contributed by atoms with Crippen LogP contribution in [0.3, 0.4) is 0 Å². The predicted octanol–water partition coefficient (Wildman–Crippen LogP) is -1.62. The Hall–Kier alpha value is -0.660. The summed E-state index contributed by atoms with van der Waals surface area (Å²) in [4.78, 5) is 13.2. The first-order valence-electron chi connectivity index (χ1n) is 5.72. The summed E-state index contributed by atoms with van der Waals surface area (Å²) in [6.07, 6.45) is -1.04. The zero-order valence-electron chi connectivity index (χ0n) is 9.45. The monoisotopic (exact) mass is 263 g/mol. The fourth-order valence-corrected chi connectivity index (χ4v) is 4.24. The number of amides is 1. The third-order valence-corrected chi connectivity index (χ3v) is 5.24. The van der Waals surface area contributed by atoms with E-state index in [0.29, 0.717) is 6.42 Å². The molecule has 0 aromatic heterocycles. The topological polar surface area (TPSA) is 94.9 Å². The average molecular weight is 263 g/mol. The molecule has 2 fully saturated rings. The molecule has 0 saturated carbocycles. The van der Waals surface area contributed by atoms with Gasteiger partial charge in [0.05, 0.1) is 23.7 Å². The predicted molar refractivity (Wildman–Crippen MR) is 60.0 cm³/mol. The molecule has 0 aliphatic carbocycles. The molecule has 2 N–H and O–H groups in total. The molecule has 6 nitrogen and oxygen atoms in total. The summed E-state index contributed by atoms with van der Waals surface area (Å²) in [5, 5.41) is 18.6. The number of nitrogens with zero attached hydrogens (tertiary/aromatic N) is 1. The van der Waals surface area contributed by atoms with Gasteiger partial charge in [0, 0.05) is 19.5 Å². The molecule has 0 radical (unpaired) electrons. The van der Waals surface area contributed by atoms with E-state index in [-0.39, 0.29) is 42.8 Å². The van der Waals surface area contributed by atoms with Crippen molar-refractivity contribution in [3.63, 3.8) is 0 Å². The molecule has 98 valence electrons. The van der Waals surface area contributed by atoms with E-state index in [0.717, 1.165) is 0 Å². The molecule has 2 aliphatic rings. The number of hydrogen-bond acceptors (Lipinski definition) is 5. The van der Waals surface area contributed by atoms with Crippen LogP contribution in [0.1, 0.15) is 12.8 Å². The lowest BCUT2D eigenvalue weighted by Crippen LogP contribution is -2.31. The van der Waals surface area contributed by atoms with Crippen molar-refractivity contribution in [1.29, 1.82) is 0 Å². The van der Waals surface area contributed by atoms with E-state index in [1.165, 1.54) is 4.90 Å². The minimum atomic E-state index is -2.96. The number of rotatable bonds is 2. The number of sulfone groups is 1. The smallest absolute Gasteiger partial charge is 0.223 e. The van der Waals surface area contributed by atoms with Crippen LogP contribution in [0, 0.1) is 5.92 Å². The number of β-amino-alcohol motifs (C(OH)–C–C–N with tert-alkyl or cyclic N) is 2. The van der Waals surface area contributed by atoms with Crippen molar-refractivity contribution in [2.24, 2.45) is 5.92 Å². The molecule has 1 unspecified atom stereocenters. The van der Waals surface area contributed by atoms with E-state index in [1.807, 2.05) is 0 Å². The largest absolute Gasteiger partial charge is 0.388 e. The second kappa shape index (κ2) is 4.55. The van der Waals surface area contributed by atoms with Gasteiger partial charge in [-0.15, -0.1) is 0 Å². The van der Waals surface area contributed by atoms with Crippen LogP contribution in [0.4, 0.5) is 0 Å². The fraction of sp³-hybridized carbons (Fsp3) is 0.900. The highest BCUT2D eigenvalue weighted by atomic mass is 32.2. The van der Waals surface area contributed by atoms with Crippen molar-refractivity contribution in [2.75, 3.05) is 24.6 Å². The molecule has 17 heavy (non-hydrogen) atoms. The van der Waals surface area contributed by atoms with Crippen molar-refractivity contribution < 1.29 is 23.4 Å². The highest BCUT2D eigenvalue weighted by Gasteiger charge is 2.35. The first-order valence-corrected chi connectivity index (χ1v) is 7.54. The third-order valence-electron chi connectivity index (χ3n) is 3.40. The van der Waals surface area contributed by atoms with Crippen LogP contribution in [0.15, 0.2) is 0 Å². The summed E-state index contributed by atoms with van der Waals surface area (Å²) >= 11 is 0. The van der Waals surface area contributed by atoms with Crippen LogP contribution in [0.25, 0.3) is 0 Å². The van der Waals surface area contributed by atoms with Gasteiger partial charge in [-0.3, -0.25) is 4.79 Å². The van der Waals surface area contributed by atoms with Crippen LogP contribution < -0.4 is 0 Å². The Labute approximate surface area is 100 Å². The van der Waals surface area contributed by atoms with Crippen LogP contribution in [0.5, 0.6) is 0 Å². The van der Waals surface area contributed by atoms with Crippen LogP contribution >= 0.6 is 0 Å². The molecule has 0 aromatic rings. The van der Waals surface area contributed by atoms with Crippen molar-refractivity contribution in [3.05, 3.63) is 0 Å². The first kappa shape index (κ1) is 12.8. The Morgan fingerprint density at radius 2 is 1.82 bits per heavy atom. The third kappa shape index (κ3) is 2.97. The van der Waals surface area contributed by atoms with Gasteiger partial charge in [-0.25, -0.2) is 8.42 Å². The van der Waals surface area contributed by atoms with Crippen molar-refractivity contribution >= 4 is 15.7 Å². The molecular formula is C10H17NO5S. The van der Waals surface area contributed by atoms with Crippen LogP contribution in [0.2, 0.25) is 0 Å². The number of carbonyl (C=O) groups is 1. The van der Waals surface area contributed by atoms with Crippen molar-refractivity contribution in [2.45, 2.75) is 25.0 Å². The van der Waals surface area contributed by atoms with Gasteiger partial charge >= 0.3 is 0 Å². The maximum atomic E-state index is 11.8. The standard InChI is InChI=1S/C10H17NO5S/c12-8-4-11(5-9(8)13)10(14)3-7-1-2-17(15,16)6-7/h7-9,12-13H,1-6H2/t7?,8-,9+. The summed E-state index contributed by atoms with van der Waals surface area (Å²) in [7, 11) is -2.96. The second-order valence-electron chi connectivity index (χ2n) is 4.91. The molecule has 2 rings (SSSR count). The Morgan fingerprint density at radius 3 is 2.29 bits per heavy atom. The van der Waals surface area contributed by atoms with Gasteiger partial charge in [-0.05, 0) is 12.3 Å². The Kier molecular flexibility index (Phi) is 3.42. The fourth-order valence-electron chi connectivity index (χ4n) is 2.38. The zero-order chi connectivity index (χ0) is 12.6. The van der Waals surface area contributed by atoms with Gasteiger partial charge in [0.1, 0.15) is 0 Å². The van der Waals surface area contributed by atoms with E-state index in [9.17, 15) is 23.4 Å². The Bertz CT molecular complexity index is 397. The second-order valence-corrected chi connectivity index (χ2v) is 7.14. The number of carbonyl (C=O) groups excluding carboxylic acids is 1. The zero-order valence-corrected chi connectivity index (χ0v) is 10.3. The Balaban J connectivity index is 1.86. The number of likely N-dealkylation sites (tertiary alicyclic amines) is 1. The molecule has 0 bridgehead atoms. The average Bonchev–Trinajstić information content (AvgIpc) is 2.71. The SMILES string of the molecule is O=C(CC1CCS(=O)(=O)C1)N1C[C@@H](O)[C@@H](O)C1. The van der Waals surface area contributed by atoms with Gasteiger partial charge < -0.3 is 15.1 Å². The van der Waals surface area contributed by atoms with E-state index in [2.05, 4.69) is 0 Å². The number of aliphatic hydroxyl groups is 2. The number of aliphatic hydroxyl groups excluding tert-OH is 2. The van der Waals surface area contributed by atoms with Crippen LogP contribution in [-0.4, -0.2) is 66.2 Å². The van der Waals surface area contributed by atoms with Gasteiger partial charge in [0.25, 0.3) is 0 Å². The molecule has 0 aromatic carbocycles. The van der Waals surface area contributed by atoms with Crippen LogP contribution in [-0.2, 0) is 14.6 Å². The minimum absolute atomic E-state index is 0.0810. The quantitative estimate of drug-likeness (QED) is 0.624. The summed E-state index contributed by atoms with van der Waals surface area (Å²) in [6.45, 7) is 0.277. The highest BCUT2D eigenvalue weighted by molar-refractivity contribution is 7.91. The van der Waals surface area contributed by atoms with Gasteiger partial charge in [0.2, 0.25) is 5.91 Å². The summed E-state index contributed by atoms with van der Waals surface area (Å²) in [5.41, 5.74) is 0. The molecule has 2 saturated heterocycles. The maximum Gasteiger partial charge on any atom is 0.223 e. The maximum absolute atomic E-state index is 11.8. The molecular weight excluding hydrogens is 246 g/mol. The van der Waals surface area contributed by atoms with E-state index in [1.54, 1.807) is 0 Å². The normalized spacial score (nSPS) is 36.4. The summed E-state index contributed by atoms with van der Waals surface area (Å²) in [6, 6.07) is 0. The molecule has 7 heteroatoms. The molecule has 0 spiro atoms. The van der Waals surface area contributed by atoms with Gasteiger partial charge in [-0.1, -0.05) is 0 Å². The van der Waals surface area contributed by atoms with E-state index in [4.69, 9.17) is 0 Å². The van der Waals surface area contributed by atoms with Crippen molar-refractivity contribution in [1.82, 2.24) is 4.90 Å². The summed E-state index contributed by atoms with van der Waals surface area (Å²) < 4.78 is 22.5. The first-order chi connectivity index (χ1) is 7.87. The van der Waals surface area contributed by atoms with Crippen molar-refractivity contribution in [3.8, 4) is 0 Å². The molecule has 2 aliphatic heterocycles. The van der Waals surface area contributed by atoms with Gasteiger partial charge in [-0.2, -0.15) is 0 Å². The molecule has 1 amide bonds.